The number of allylic oxidation sites excluding steroid dienone is 2. The summed E-state index contributed by atoms with van der Waals surface area (Å²) in [7, 11) is 0. The zero-order valence-corrected chi connectivity index (χ0v) is 13.0. The van der Waals surface area contributed by atoms with Gasteiger partial charge >= 0.3 is 0 Å². The number of hydrogen-bond acceptors (Lipinski definition) is 1. The van der Waals surface area contributed by atoms with Gasteiger partial charge in [0.2, 0.25) is 5.91 Å². The smallest absolute Gasteiger partial charge is 0.223 e. The maximum Gasteiger partial charge on any atom is 0.223 e. The zero-order chi connectivity index (χ0) is 15.4. The van der Waals surface area contributed by atoms with Crippen molar-refractivity contribution in [1.82, 2.24) is 5.32 Å². The van der Waals surface area contributed by atoms with Crippen LogP contribution < -0.4 is 5.32 Å². The minimum absolute atomic E-state index is 0.00609. The molecular weight excluding hydrogens is 277 g/mol. The Morgan fingerprint density at radius 1 is 1.18 bits per heavy atom. The molecule has 1 N–H and O–H groups in total. The van der Waals surface area contributed by atoms with Crippen LogP contribution in [0.5, 0.6) is 0 Å². The van der Waals surface area contributed by atoms with E-state index in [2.05, 4.69) is 17.5 Å². The van der Waals surface area contributed by atoms with Gasteiger partial charge in [0.1, 0.15) is 5.82 Å². The summed E-state index contributed by atoms with van der Waals surface area (Å²) >= 11 is 0. The quantitative estimate of drug-likeness (QED) is 0.833. The molecule has 1 aromatic carbocycles. The van der Waals surface area contributed by atoms with Crippen LogP contribution in [0.15, 0.2) is 36.4 Å². The van der Waals surface area contributed by atoms with Gasteiger partial charge in [-0.1, -0.05) is 37.1 Å². The lowest BCUT2D eigenvalue weighted by molar-refractivity contribution is -0.125. The summed E-state index contributed by atoms with van der Waals surface area (Å²) in [5, 5.41) is 3.18. The molecule has 1 fully saturated rings. The summed E-state index contributed by atoms with van der Waals surface area (Å²) in [5.41, 5.74) is 1.16. The minimum atomic E-state index is -0.199. The number of carbonyl (C=O) groups is 1. The standard InChI is InChI=1S/C19H24FNO/c20-17-10-8-16(9-11-17)19(12-4-5-13-19)14-21-18(22)15-6-2-1-3-7-15/h1-2,8-11,15H,3-7,12-14H2,(H,21,22)/t15-/m0/s1. The van der Waals surface area contributed by atoms with Crippen molar-refractivity contribution in [1.29, 1.82) is 0 Å². The van der Waals surface area contributed by atoms with Gasteiger partial charge in [-0.2, -0.15) is 0 Å². The SMILES string of the molecule is O=C(NCC1(c2ccc(F)cc2)CCCC1)[C@H]1CC=CCC1. The lowest BCUT2D eigenvalue weighted by Crippen LogP contribution is -2.41. The van der Waals surface area contributed by atoms with Gasteiger partial charge in [0.15, 0.2) is 0 Å². The number of amides is 1. The van der Waals surface area contributed by atoms with Gasteiger partial charge in [0.05, 0.1) is 0 Å². The summed E-state index contributed by atoms with van der Waals surface area (Å²) in [5.74, 6) is 0.101. The number of carbonyl (C=O) groups excluding carboxylic acids is 1. The second-order valence-electron chi connectivity index (χ2n) is 6.69. The second-order valence-corrected chi connectivity index (χ2v) is 6.69. The van der Waals surface area contributed by atoms with Crippen LogP contribution in [0.25, 0.3) is 0 Å². The van der Waals surface area contributed by atoms with Gasteiger partial charge in [0.25, 0.3) is 0 Å². The van der Waals surface area contributed by atoms with E-state index in [-0.39, 0.29) is 23.1 Å². The second kappa shape index (κ2) is 6.64. The van der Waals surface area contributed by atoms with E-state index < -0.39 is 0 Å². The first-order chi connectivity index (χ1) is 10.7. The lowest BCUT2D eigenvalue weighted by atomic mass is 9.78. The Morgan fingerprint density at radius 2 is 1.91 bits per heavy atom. The maximum atomic E-state index is 13.2. The van der Waals surface area contributed by atoms with Crippen molar-refractivity contribution in [2.45, 2.75) is 50.4 Å². The zero-order valence-electron chi connectivity index (χ0n) is 13.0. The molecule has 118 valence electrons. The Labute approximate surface area is 131 Å². The molecular formula is C19H24FNO. The Balaban J connectivity index is 1.68. The van der Waals surface area contributed by atoms with Gasteiger partial charge in [-0.25, -0.2) is 4.39 Å². The predicted molar refractivity (Wildman–Crippen MR) is 86.0 cm³/mol. The number of rotatable bonds is 4. The van der Waals surface area contributed by atoms with Gasteiger partial charge in [-0.15, -0.1) is 0 Å². The largest absolute Gasteiger partial charge is 0.355 e. The van der Waals surface area contributed by atoms with Crippen molar-refractivity contribution in [3.05, 3.63) is 47.8 Å². The molecule has 0 unspecified atom stereocenters. The first-order valence-electron chi connectivity index (χ1n) is 8.38. The highest BCUT2D eigenvalue weighted by Gasteiger charge is 2.36. The summed E-state index contributed by atoms with van der Waals surface area (Å²) in [4.78, 5) is 12.4. The van der Waals surface area contributed by atoms with Gasteiger partial charge in [-0.3, -0.25) is 4.79 Å². The van der Waals surface area contributed by atoms with Crippen LogP contribution >= 0.6 is 0 Å². The Kier molecular flexibility index (Phi) is 4.60. The number of nitrogens with one attached hydrogen (secondary N) is 1. The minimum Gasteiger partial charge on any atom is -0.355 e. The first-order valence-corrected chi connectivity index (χ1v) is 8.38. The van der Waals surface area contributed by atoms with Crippen molar-refractivity contribution in [3.63, 3.8) is 0 Å². The molecule has 0 heterocycles. The Morgan fingerprint density at radius 3 is 2.55 bits per heavy atom. The van der Waals surface area contributed by atoms with E-state index in [1.807, 2.05) is 12.1 Å². The van der Waals surface area contributed by atoms with Crippen molar-refractivity contribution in [2.75, 3.05) is 6.54 Å². The summed E-state index contributed by atoms with van der Waals surface area (Å²) in [6.07, 6.45) is 11.6. The normalized spacial score (nSPS) is 23.4. The van der Waals surface area contributed by atoms with Crippen LogP contribution in [0.3, 0.4) is 0 Å². The van der Waals surface area contributed by atoms with E-state index in [4.69, 9.17) is 0 Å². The van der Waals surface area contributed by atoms with Crippen LogP contribution in [-0.2, 0) is 10.2 Å². The van der Waals surface area contributed by atoms with E-state index >= 15 is 0 Å². The van der Waals surface area contributed by atoms with Crippen LogP contribution in [0, 0.1) is 11.7 Å². The maximum absolute atomic E-state index is 13.2. The molecule has 1 saturated carbocycles. The van der Waals surface area contributed by atoms with E-state index in [1.54, 1.807) is 0 Å². The van der Waals surface area contributed by atoms with Gasteiger partial charge in [-0.05, 0) is 49.8 Å². The molecule has 22 heavy (non-hydrogen) atoms. The molecule has 3 heteroatoms. The summed E-state index contributed by atoms with van der Waals surface area (Å²) in [6.45, 7) is 0.678. The molecule has 1 amide bonds. The fourth-order valence-electron chi connectivity index (χ4n) is 3.86. The molecule has 0 spiro atoms. The lowest BCUT2D eigenvalue weighted by Gasteiger charge is -2.31. The highest BCUT2D eigenvalue weighted by molar-refractivity contribution is 5.79. The molecule has 2 aliphatic rings. The fourth-order valence-corrected chi connectivity index (χ4v) is 3.86. The third kappa shape index (κ3) is 3.23. The highest BCUT2D eigenvalue weighted by Crippen LogP contribution is 2.40. The van der Waals surface area contributed by atoms with Crippen molar-refractivity contribution < 1.29 is 9.18 Å². The van der Waals surface area contributed by atoms with Crippen molar-refractivity contribution in [2.24, 2.45) is 5.92 Å². The van der Waals surface area contributed by atoms with E-state index in [0.29, 0.717) is 6.54 Å². The van der Waals surface area contributed by atoms with Gasteiger partial charge < -0.3 is 5.32 Å². The van der Waals surface area contributed by atoms with E-state index in [1.165, 1.54) is 25.0 Å². The average Bonchev–Trinajstić information content (AvgIpc) is 3.04. The number of halogens is 1. The predicted octanol–water partition coefficient (Wildman–Crippen LogP) is 4.11. The van der Waals surface area contributed by atoms with Crippen LogP contribution in [0.4, 0.5) is 4.39 Å². The molecule has 2 nitrogen and oxygen atoms in total. The Hall–Kier alpha value is -1.64. The molecule has 0 aliphatic heterocycles. The average molecular weight is 301 g/mol. The highest BCUT2D eigenvalue weighted by atomic mass is 19.1. The number of hydrogen-bond donors (Lipinski definition) is 1. The molecule has 0 radical (unpaired) electrons. The summed E-state index contributed by atoms with van der Waals surface area (Å²) in [6, 6.07) is 6.83. The summed E-state index contributed by atoms with van der Waals surface area (Å²) < 4.78 is 13.2. The monoisotopic (exact) mass is 301 g/mol. The van der Waals surface area contributed by atoms with Crippen molar-refractivity contribution >= 4 is 5.91 Å². The third-order valence-electron chi connectivity index (χ3n) is 5.26. The molecule has 3 rings (SSSR count). The molecule has 2 aliphatic carbocycles. The Bertz CT molecular complexity index is 543. The van der Waals surface area contributed by atoms with Crippen LogP contribution in [-0.4, -0.2) is 12.5 Å². The number of benzene rings is 1. The molecule has 0 bridgehead atoms. The van der Waals surface area contributed by atoms with Crippen LogP contribution in [0.2, 0.25) is 0 Å². The molecule has 0 aromatic heterocycles. The van der Waals surface area contributed by atoms with Crippen molar-refractivity contribution in [3.8, 4) is 0 Å². The molecule has 1 atom stereocenters. The van der Waals surface area contributed by atoms with Crippen LogP contribution in [0.1, 0.15) is 50.5 Å². The topological polar surface area (TPSA) is 29.1 Å². The first kappa shape index (κ1) is 15.3. The molecule has 1 aromatic rings. The van der Waals surface area contributed by atoms with E-state index in [0.717, 1.165) is 37.7 Å². The van der Waals surface area contributed by atoms with Gasteiger partial charge in [0, 0.05) is 17.9 Å². The fraction of sp³-hybridized carbons (Fsp3) is 0.526. The third-order valence-corrected chi connectivity index (χ3v) is 5.26. The molecule has 0 saturated heterocycles. The van der Waals surface area contributed by atoms with E-state index in [9.17, 15) is 9.18 Å².